The molecule has 0 aliphatic heterocycles. The van der Waals surface area contributed by atoms with Gasteiger partial charge in [0.15, 0.2) is 0 Å². The Morgan fingerprint density at radius 1 is 0.727 bits per heavy atom. The molecule has 0 aromatic heterocycles. The van der Waals surface area contributed by atoms with Crippen LogP contribution in [-0.4, -0.2) is 22.8 Å². The van der Waals surface area contributed by atoms with Gasteiger partial charge in [-0.25, -0.2) is 0 Å². The van der Waals surface area contributed by atoms with Gasteiger partial charge in [0.25, 0.3) is 0 Å². The summed E-state index contributed by atoms with van der Waals surface area (Å²) in [6.45, 7) is 0. The fourth-order valence-electron chi connectivity index (χ4n) is 1.83. The van der Waals surface area contributed by atoms with E-state index in [1.54, 1.807) is 30.3 Å². The number of carbonyl (C=O) groups excluding carboxylic acids is 2. The Balaban J connectivity index is 0.000000220. The summed E-state index contributed by atoms with van der Waals surface area (Å²) in [4.78, 5) is 20.0. The quantitative estimate of drug-likeness (QED) is 0.804. The van der Waals surface area contributed by atoms with E-state index in [2.05, 4.69) is 0 Å². The van der Waals surface area contributed by atoms with E-state index in [-0.39, 0.29) is 11.5 Å². The van der Waals surface area contributed by atoms with Gasteiger partial charge in [-0.1, -0.05) is 24.3 Å². The first kappa shape index (κ1) is 17.4. The molecule has 2 rings (SSSR count). The van der Waals surface area contributed by atoms with Crippen LogP contribution in [0.1, 0.15) is 24.0 Å². The summed E-state index contributed by atoms with van der Waals surface area (Å²) >= 11 is 0. The number of carbonyl (C=O) groups is 2. The number of aryl methyl sites for hydroxylation is 2. The zero-order chi connectivity index (χ0) is 16.2. The average Bonchev–Trinajstić information content (AvgIpc) is 2.53. The second-order valence-electron chi connectivity index (χ2n) is 4.75. The van der Waals surface area contributed by atoms with Crippen molar-refractivity contribution >= 4 is 12.6 Å². The Kier molecular flexibility index (Phi) is 8.05. The van der Waals surface area contributed by atoms with Crippen LogP contribution in [0.4, 0.5) is 0 Å². The summed E-state index contributed by atoms with van der Waals surface area (Å²) in [7, 11) is 0. The number of aldehydes is 2. The summed E-state index contributed by atoms with van der Waals surface area (Å²) < 4.78 is 0. The summed E-state index contributed by atoms with van der Waals surface area (Å²) in [5.74, 6) is 0.522. The predicted octanol–water partition coefficient (Wildman–Crippen LogP) is 3.05. The molecule has 0 atom stereocenters. The first-order chi connectivity index (χ1) is 10.7. The number of aromatic hydroxyl groups is 2. The molecule has 0 unspecified atom stereocenters. The maximum Gasteiger partial charge on any atom is 0.120 e. The Bertz CT molecular complexity index is 576. The smallest absolute Gasteiger partial charge is 0.120 e. The molecule has 0 heterocycles. The zero-order valence-corrected chi connectivity index (χ0v) is 12.3. The van der Waals surface area contributed by atoms with Gasteiger partial charge >= 0.3 is 0 Å². The molecule has 0 spiro atoms. The van der Waals surface area contributed by atoms with Crippen LogP contribution in [0.25, 0.3) is 0 Å². The lowest BCUT2D eigenvalue weighted by Crippen LogP contribution is -1.84. The minimum Gasteiger partial charge on any atom is -0.508 e. The third-order valence-corrected chi connectivity index (χ3v) is 2.95. The van der Waals surface area contributed by atoms with E-state index < -0.39 is 0 Å². The molecule has 0 aliphatic carbocycles. The van der Waals surface area contributed by atoms with Crippen molar-refractivity contribution in [2.75, 3.05) is 0 Å². The van der Waals surface area contributed by atoms with E-state index in [0.717, 1.165) is 30.1 Å². The maximum atomic E-state index is 10.0. The number of hydrogen-bond donors (Lipinski definition) is 2. The molecular weight excluding hydrogens is 280 g/mol. The van der Waals surface area contributed by atoms with Crippen molar-refractivity contribution in [2.24, 2.45) is 0 Å². The molecule has 0 saturated carbocycles. The lowest BCUT2D eigenvalue weighted by Gasteiger charge is -1.96. The zero-order valence-electron chi connectivity index (χ0n) is 12.3. The molecule has 0 radical (unpaired) electrons. The van der Waals surface area contributed by atoms with E-state index in [1.807, 2.05) is 18.2 Å². The van der Waals surface area contributed by atoms with Gasteiger partial charge in [0.05, 0.1) is 0 Å². The van der Waals surface area contributed by atoms with Crippen molar-refractivity contribution in [3.05, 3.63) is 59.7 Å². The average molecular weight is 300 g/mol. The molecule has 4 heteroatoms. The molecule has 0 fully saturated rings. The minimum atomic E-state index is 0.258. The van der Waals surface area contributed by atoms with Gasteiger partial charge in [0.2, 0.25) is 0 Å². The highest BCUT2D eigenvalue weighted by Gasteiger charge is 1.93. The molecule has 2 N–H and O–H groups in total. The molecule has 2 aromatic carbocycles. The second kappa shape index (κ2) is 10.2. The Morgan fingerprint density at radius 2 is 1.32 bits per heavy atom. The van der Waals surface area contributed by atoms with Gasteiger partial charge in [-0.3, -0.25) is 0 Å². The first-order valence-electron chi connectivity index (χ1n) is 7.08. The van der Waals surface area contributed by atoms with Crippen LogP contribution in [-0.2, 0) is 22.4 Å². The number of benzene rings is 2. The van der Waals surface area contributed by atoms with Gasteiger partial charge in [0, 0.05) is 12.8 Å². The molecule has 0 aliphatic rings. The van der Waals surface area contributed by atoms with Crippen LogP contribution in [0.3, 0.4) is 0 Å². The highest BCUT2D eigenvalue weighted by Crippen LogP contribution is 2.11. The normalized spacial score (nSPS) is 9.45. The minimum absolute atomic E-state index is 0.258. The van der Waals surface area contributed by atoms with E-state index in [4.69, 9.17) is 10.2 Å². The topological polar surface area (TPSA) is 74.6 Å². The fraction of sp³-hybridized carbons (Fsp3) is 0.222. The predicted molar refractivity (Wildman–Crippen MR) is 85.0 cm³/mol. The molecule has 0 saturated heterocycles. The van der Waals surface area contributed by atoms with Crippen LogP contribution in [0.2, 0.25) is 0 Å². The number of phenolic OH excluding ortho intramolecular Hbond substituents is 2. The van der Waals surface area contributed by atoms with Crippen molar-refractivity contribution in [3.63, 3.8) is 0 Å². The molecule has 2 aromatic rings. The molecule has 22 heavy (non-hydrogen) atoms. The van der Waals surface area contributed by atoms with Crippen molar-refractivity contribution < 1.29 is 19.8 Å². The molecule has 116 valence electrons. The molecule has 0 amide bonds. The lowest BCUT2D eigenvalue weighted by molar-refractivity contribution is -0.108. The van der Waals surface area contributed by atoms with Crippen molar-refractivity contribution in [2.45, 2.75) is 25.7 Å². The monoisotopic (exact) mass is 300 g/mol. The van der Waals surface area contributed by atoms with Crippen LogP contribution in [0.15, 0.2) is 48.5 Å². The van der Waals surface area contributed by atoms with Crippen LogP contribution < -0.4 is 0 Å². The summed E-state index contributed by atoms with van der Waals surface area (Å²) in [5, 5.41) is 17.9. The molecule has 4 nitrogen and oxygen atoms in total. The second-order valence-corrected chi connectivity index (χ2v) is 4.75. The van der Waals surface area contributed by atoms with Crippen LogP contribution in [0.5, 0.6) is 11.5 Å². The summed E-state index contributed by atoms with van der Waals surface area (Å²) in [6.07, 6.45) is 4.30. The van der Waals surface area contributed by atoms with E-state index in [9.17, 15) is 9.59 Å². The van der Waals surface area contributed by atoms with Gasteiger partial charge in [-0.15, -0.1) is 0 Å². The lowest BCUT2D eigenvalue weighted by atomic mass is 10.1. The molecule has 0 bridgehead atoms. The van der Waals surface area contributed by atoms with Crippen LogP contribution >= 0.6 is 0 Å². The van der Waals surface area contributed by atoms with E-state index >= 15 is 0 Å². The van der Waals surface area contributed by atoms with Crippen molar-refractivity contribution in [3.8, 4) is 11.5 Å². The number of hydrogen-bond acceptors (Lipinski definition) is 4. The SMILES string of the molecule is O=CCCc1ccc(O)cc1.O=CCCc1cccc(O)c1. The summed E-state index contributed by atoms with van der Waals surface area (Å²) in [6, 6.07) is 13.8. The van der Waals surface area contributed by atoms with Gasteiger partial charge in [-0.2, -0.15) is 0 Å². The third-order valence-electron chi connectivity index (χ3n) is 2.95. The van der Waals surface area contributed by atoms with E-state index in [0.29, 0.717) is 19.3 Å². The fourth-order valence-corrected chi connectivity index (χ4v) is 1.83. The van der Waals surface area contributed by atoms with Gasteiger partial charge in [0.1, 0.15) is 24.1 Å². The highest BCUT2D eigenvalue weighted by molar-refractivity contribution is 5.50. The van der Waals surface area contributed by atoms with Crippen LogP contribution in [0, 0.1) is 0 Å². The Morgan fingerprint density at radius 3 is 1.86 bits per heavy atom. The van der Waals surface area contributed by atoms with Gasteiger partial charge in [-0.05, 0) is 48.2 Å². The first-order valence-corrected chi connectivity index (χ1v) is 7.08. The highest BCUT2D eigenvalue weighted by atomic mass is 16.3. The third kappa shape index (κ3) is 7.24. The Labute approximate surface area is 130 Å². The summed E-state index contributed by atoms with van der Waals surface area (Å²) in [5.41, 5.74) is 2.08. The number of rotatable bonds is 6. The van der Waals surface area contributed by atoms with Crippen molar-refractivity contribution in [1.29, 1.82) is 0 Å². The molecular formula is C18H20O4. The Hall–Kier alpha value is -2.62. The van der Waals surface area contributed by atoms with E-state index in [1.165, 1.54) is 0 Å². The van der Waals surface area contributed by atoms with Crippen molar-refractivity contribution in [1.82, 2.24) is 0 Å². The number of phenols is 2. The maximum absolute atomic E-state index is 10.0. The standard InChI is InChI=1S/2C9H10O2/c10-6-2-4-8-3-1-5-9(11)7-8;10-7-1-2-8-3-5-9(11)6-4-8/h1,3,5-7,11H,2,4H2;3-7,11H,1-2H2. The largest absolute Gasteiger partial charge is 0.508 e. The van der Waals surface area contributed by atoms with Gasteiger partial charge < -0.3 is 19.8 Å².